The molecule has 13 heteroatoms. The van der Waals surface area contributed by atoms with Crippen molar-refractivity contribution in [3.8, 4) is 11.4 Å². The molecule has 0 bridgehead atoms. The second-order valence-electron chi connectivity index (χ2n) is 7.50. The number of benzene rings is 2. The van der Waals surface area contributed by atoms with E-state index in [2.05, 4.69) is 9.97 Å². The van der Waals surface area contributed by atoms with Crippen LogP contribution in [-0.2, 0) is 10.0 Å². The maximum absolute atomic E-state index is 13.7. The molecule has 2 aromatic carbocycles. The van der Waals surface area contributed by atoms with Gasteiger partial charge in [-0.15, -0.1) is 0 Å². The first-order valence-electron chi connectivity index (χ1n) is 9.93. The second kappa shape index (κ2) is 8.71. The molecule has 0 saturated heterocycles. The third-order valence-electron chi connectivity index (χ3n) is 5.35. The standard InChI is InChI=1S/C22H18ClFN4O6S/c1-11-7-15(21(29)30)25-20-19(11)26-22(31)28(20)16-10-18(17(34-3)9-14(16)23)35(32,33)27(2)13-6-4-5-12(24)8-13/h4-10H,1-3H3,(H,26,31)(H,29,30). The van der Waals surface area contributed by atoms with Crippen LogP contribution >= 0.6 is 11.6 Å². The average molecular weight is 521 g/mol. The van der Waals surface area contributed by atoms with Crippen LogP contribution in [0.4, 0.5) is 10.1 Å². The van der Waals surface area contributed by atoms with Crippen LogP contribution in [0.25, 0.3) is 16.9 Å². The number of anilines is 1. The molecule has 4 aromatic rings. The van der Waals surface area contributed by atoms with Crippen LogP contribution in [0.5, 0.6) is 5.75 Å². The summed E-state index contributed by atoms with van der Waals surface area (Å²) in [6, 6.07) is 8.62. The number of rotatable bonds is 6. The van der Waals surface area contributed by atoms with Crippen LogP contribution in [0, 0.1) is 12.7 Å². The lowest BCUT2D eigenvalue weighted by atomic mass is 10.2. The second-order valence-corrected chi connectivity index (χ2v) is 9.85. The van der Waals surface area contributed by atoms with Crippen LogP contribution in [0.1, 0.15) is 16.1 Å². The van der Waals surface area contributed by atoms with Crippen molar-refractivity contribution >= 4 is 44.4 Å². The zero-order valence-corrected chi connectivity index (χ0v) is 20.1. The van der Waals surface area contributed by atoms with Crippen molar-refractivity contribution in [3.05, 3.63) is 75.0 Å². The lowest BCUT2D eigenvalue weighted by Crippen LogP contribution is -2.27. The largest absolute Gasteiger partial charge is 0.495 e. The molecule has 0 aliphatic heterocycles. The Morgan fingerprint density at radius 3 is 2.60 bits per heavy atom. The molecule has 2 aromatic heterocycles. The molecular weight excluding hydrogens is 503 g/mol. The Morgan fingerprint density at radius 1 is 1.26 bits per heavy atom. The molecule has 0 amide bonds. The summed E-state index contributed by atoms with van der Waals surface area (Å²) in [5, 5.41) is 9.33. The van der Waals surface area contributed by atoms with Crippen molar-refractivity contribution in [1.82, 2.24) is 14.5 Å². The number of carboxylic acid groups (broad SMARTS) is 1. The molecule has 4 rings (SSSR count). The van der Waals surface area contributed by atoms with Crippen molar-refractivity contribution in [2.75, 3.05) is 18.5 Å². The van der Waals surface area contributed by atoms with Crippen LogP contribution in [0.15, 0.2) is 52.2 Å². The molecule has 0 saturated carbocycles. The number of aryl methyl sites for hydroxylation is 1. The summed E-state index contributed by atoms with van der Waals surface area (Å²) in [5.41, 5.74) is -0.417. The van der Waals surface area contributed by atoms with E-state index in [0.717, 1.165) is 21.0 Å². The SMILES string of the molecule is COc1cc(Cl)c(-n2c(=O)[nH]c3c(C)cc(C(=O)O)nc32)cc1S(=O)(=O)N(C)c1cccc(F)c1. The predicted molar refractivity (Wildman–Crippen MR) is 127 cm³/mol. The topological polar surface area (TPSA) is 135 Å². The Hall–Kier alpha value is -3.90. The normalized spacial score (nSPS) is 11.6. The number of imidazole rings is 1. The number of halogens is 2. The fourth-order valence-electron chi connectivity index (χ4n) is 3.58. The summed E-state index contributed by atoms with van der Waals surface area (Å²) >= 11 is 6.40. The number of carbonyl (C=O) groups is 1. The van der Waals surface area contributed by atoms with Gasteiger partial charge in [0.05, 0.1) is 29.0 Å². The first-order valence-corrected chi connectivity index (χ1v) is 11.8. The van der Waals surface area contributed by atoms with Gasteiger partial charge in [-0.2, -0.15) is 0 Å². The summed E-state index contributed by atoms with van der Waals surface area (Å²) in [6.07, 6.45) is 0. The fraction of sp³-hybridized carbons (Fsp3) is 0.136. The molecule has 0 aliphatic rings. The lowest BCUT2D eigenvalue weighted by molar-refractivity contribution is 0.0690. The lowest BCUT2D eigenvalue weighted by Gasteiger charge is -2.22. The summed E-state index contributed by atoms with van der Waals surface area (Å²) in [7, 11) is -1.85. The highest BCUT2D eigenvalue weighted by Crippen LogP contribution is 2.36. The zero-order chi connectivity index (χ0) is 25.7. The van der Waals surface area contributed by atoms with Crippen LogP contribution in [-0.4, -0.2) is 48.2 Å². The van der Waals surface area contributed by atoms with Gasteiger partial charge in [-0.3, -0.25) is 4.31 Å². The number of hydrogen-bond donors (Lipinski definition) is 2. The Kier molecular flexibility index (Phi) is 6.03. The first-order chi connectivity index (χ1) is 16.4. The van der Waals surface area contributed by atoms with Gasteiger partial charge in [-0.1, -0.05) is 17.7 Å². The number of pyridine rings is 1. The molecule has 2 heterocycles. The average Bonchev–Trinajstić information content (AvgIpc) is 3.14. The Bertz CT molecular complexity index is 1660. The van der Waals surface area contributed by atoms with Crippen molar-refractivity contribution in [1.29, 1.82) is 0 Å². The van der Waals surface area contributed by atoms with E-state index in [-0.39, 0.29) is 43.9 Å². The van der Waals surface area contributed by atoms with Crippen molar-refractivity contribution in [2.24, 2.45) is 0 Å². The number of nitrogens with zero attached hydrogens (tertiary/aromatic N) is 3. The van der Waals surface area contributed by atoms with Gasteiger partial charge >= 0.3 is 11.7 Å². The van der Waals surface area contributed by atoms with Gasteiger partial charge in [0.2, 0.25) is 0 Å². The first kappa shape index (κ1) is 24.2. The zero-order valence-electron chi connectivity index (χ0n) is 18.5. The van der Waals surface area contributed by atoms with E-state index in [0.29, 0.717) is 5.56 Å². The van der Waals surface area contributed by atoms with Crippen LogP contribution in [0.2, 0.25) is 5.02 Å². The number of sulfonamides is 1. The molecule has 2 N–H and O–H groups in total. The Labute approximate surface area is 203 Å². The third kappa shape index (κ3) is 4.10. The predicted octanol–water partition coefficient (Wildman–Crippen LogP) is 3.35. The van der Waals surface area contributed by atoms with E-state index in [1.165, 1.54) is 44.5 Å². The number of H-pyrrole nitrogens is 1. The molecule has 35 heavy (non-hydrogen) atoms. The third-order valence-corrected chi connectivity index (χ3v) is 7.46. The summed E-state index contributed by atoms with van der Waals surface area (Å²) in [6.45, 7) is 1.59. The number of methoxy groups -OCH3 is 1. The molecule has 0 atom stereocenters. The number of aromatic nitrogens is 3. The van der Waals surface area contributed by atoms with E-state index < -0.39 is 27.5 Å². The highest BCUT2D eigenvalue weighted by atomic mass is 35.5. The van der Waals surface area contributed by atoms with Crippen molar-refractivity contribution < 1.29 is 27.4 Å². The molecule has 0 spiro atoms. The van der Waals surface area contributed by atoms with Gasteiger partial charge in [-0.25, -0.2) is 31.9 Å². The number of aromatic amines is 1. The monoisotopic (exact) mass is 520 g/mol. The minimum Gasteiger partial charge on any atom is -0.495 e. The number of fused-ring (bicyclic) bond motifs is 1. The molecule has 0 radical (unpaired) electrons. The molecule has 0 fully saturated rings. The number of carboxylic acids is 1. The number of aromatic carboxylic acids is 1. The van der Waals surface area contributed by atoms with Crippen molar-refractivity contribution in [3.63, 3.8) is 0 Å². The van der Waals surface area contributed by atoms with Gasteiger partial charge in [-0.05, 0) is 42.8 Å². The van der Waals surface area contributed by atoms with Gasteiger partial charge in [0, 0.05) is 13.1 Å². The van der Waals surface area contributed by atoms with Crippen LogP contribution < -0.4 is 14.7 Å². The van der Waals surface area contributed by atoms with E-state index in [1.807, 2.05) is 0 Å². The highest BCUT2D eigenvalue weighted by Gasteiger charge is 2.29. The molecule has 0 unspecified atom stereocenters. The fourth-order valence-corrected chi connectivity index (χ4v) is 5.16. The van der Waals surface area contributed by atoms with E-state index in [9.17, 15) is 27.5 Å². The van der Waals surface area contributed by atoms with Crippen LogP contribution in [0.3, 0.4) is 0 Å². The summed E-state index contributed by atoms with van der Waals surface area (Å²) in [5.74, 6) is -2.06. The van der Waals surface area contributed by atoms with Gasteiger partial charge in [0.15, 0.2) is 11.3 Å². The molecular formula is C22H18ClFN4O6S. The molecule has 182 valence electrons. The van der Waals surface area contributed by atoms with Gasteiger partial charge in [0.25, 0.3) is 10.0 Å². The highest BCUT2D eigenvalue weighted by molar-refractivity contribution is 7.93. The van der Waals surface area contributed by atoms with Gasteiger partial charge < -0.3 is 14.8 Å². The van der Waals surface area contributed by atoms with Crippen molar-refractivity contribution in [2.45, 2.75) is 11.8 Å². The van der Waals surface area contributed by atoms with E-state index in [1.54, 1.807) is 6.92 Å². The van der Waals surface area contributed by atoms with E-state index >= 15 is 0 Å². The number of hydrogen-bond acceptors (Lipinski definition) is 6. The van der Waals surface area contributed by atoms with Gasteiger partial charge in [0.1, 0.15) is 16.5 Å². The number of nitrogens with one attached hydrogen (secondary N) is 1. The summed E-state index contributed by atoms with van der Waals surface area (Å²) < 4.78 is 47.8. The molecule has 10 nitrogen and oxygen atoms in total. The maximum atomic E-state index is 13.7. The Morgan fingerprint density at radius 2 is 1.97 bits per heavy atom. The van der Waals surface area contributed by atoms with E-state index in [4.69, 9.17) is 16.3 Å². The minimum atomic E-state index is -4.33. The number of ether oxygens (including phenoxy) is 1. The quantitative estimate of drug-likeness (QED) is 0.398. The smallest absolute Gasteiger partial charge is 0.354 e. The summed E-state index contributed by atoms with van der Waals surface area (Å²) in [4.78, 5) is 30.6. The Balaban J connectivity index is 1.99. The maximum Gasteiger partial charge on any atom is 0.354 e. The molecule has 0 aliphatic carbocycles. The minimum absolute atomic E-state index is 0.0520.